The lowest BCUT2D eigenvalue weighted by atomic mass is 10.0. The van der Waals surface area contributed by atoms with E-state index < -0.39 is 11.7 Å². The molecule has 7 heteroatoms. The molecule has 6 nitrogen and oxygen atoms in total. The van der Waals surface area contributed by atoms with E-state index in [4.69, 9.17) is 18.9 Å². The molecule has 3 rings (SSSR count). The average Bonchev–Trinajstić information content (AvgIpc) is 2.78. The number of carbonyl (C=O) groups is 1. The lowest BCUT2D eigenvalue weighted by Gasteiger charge is -2.37. The summed E-state index contributed by atoms with van der Waals surface area (Å²) in [6.45, 7) is 7.31. The van der Waals surface area contributed by atoms with Crippen molar-refractivity contribution < 1.29 is 23.7 Å². The van der Waals surface area contributed by atoms with E-state index in [-0.39, 0.29) is 12.2 Å². The Kier molecular flexibility index (Phi) is 8.81. The standard InChI is InChI=1S/C25H30INO5/c1-25(2,3)32-24(28)27-15-17-30-22(18-27)23(19-10-5-4-6-11-19)31-21-13-8-7-12-20(21)29-16-9-14-26/h4-14,22-23H,15-18H2,1-3H3/b14-9+. The van der Waals surface area contributed by atoms with Gasteiger partial charge < -0.3 is 23.8 Å². The third-order valence-electron chi connectivity index (χ3n) is 4.74. The molecule has 0 aliphatic carbocycles. The molecule has 1 aliphatic heterocycles. The van der Waals surface area contributed by atoms with Crippen LogP contribution < -0.4 is 9.47 Å². The summed E-state index contributed by atoms with van der Waals surface area (Å²) in [7, 11) is 0. The van der Waals surface area contributed by atoms with Crippen molar-refractivity contribution in [2.75, 3.05) is 26.3 Å². The second-order valence-corrected chi connectivity index (χ2v) is 9.12. The summed E-state index contributed by atoms with van der Waals surface area (Å²) in [5, 5.41) is 0. The highest BCUT2D eigenvalue weighted by Gasteiger charge is 2.35. The van der Waals surface area contributed by atoms with Gasteiger partial charge in [-0.3, -0.25) is 0 Å². The molecule has 1 aliphatic rings. The van der Waals surface area contributed by atoms with E-state index in [1.165, 1.54) is 0 Å². The molecule has 0 radical (unpaired) electrons. The van der Waals surface area contributed by atoms with Crippen LogP contribution in [0.4, 0.5) is 4.79 Å². The van der Waals surface area contributed by atoms with Crippen molar-refractivity contribution in [1.29, 1.82) is 0 Å². The summed E-state index contributed by atoms with van der Waals surface area (Å²) in [5.41, 5.74) is 0.411. The summed E-state index contributed by atoms with van der Waals surface area (Å²) in [4.78, 5) is 14.3. The fraction of sp³-hybridized carbons (Fsp3) is 0.400. The summed E-state index contributed by atoms with van der Waals surface area (Å²) < 4.78 is 25.9. The van der Waals surface area contributed by atoms with Crippen LogP contribution in [0.15, 0.2) is 64.8 Å². The first kappa shape index (κ1) is 24.4. The van der Waals surface area contributed by atoms with Crippen LogP contribution >= 0.6 is 22.6 Å². The zero-order valence-corrected chi connectivity index (χ0v) is 20.9. The first-order valence-corrected chi connectivity index (χ1v) is 11.9. The van der Waals surface area contributed by atoms with Crippen molar-refractivity contribution in [2.45, 2.75) is 38.6 Å². The quantitative estimate of drug-likeness (QED) is 0.409. The van der Waals surface area contributed by atoms with Crippen LogP contribution in [0, 0.1) is 0 Å². The van der Waals surface area contributed by atoms with E-state index in [1.807, 2.05) is 85.5 Å². The van der Waals surface area contributed by atoms with Crippen molar-refractivity contribution in [3.8, 4) is 11.5 Å². The van der Waals surface area contributed by atoms with Gasteiger partial charge in [0.15, 0.2) is 17.6 Å². The maximum atomic E-state index is 12.7. The van der Waals surface area contributed by atoms with Gasteiger partial charge in [-0.2, -0.15) is 0 Å². The number of ether oxygens (including phenoxy) is 4. The predicted octanol–water partition coefficient (Wildman–Crippen LogP) is 5.77. The minimum Gasteiger partial charge on any atom is -0.486 e. The highest BCUT2D eigenvalue weighted by Crippen LogP contribution is 2.34. The van der Waals surface area contributed by atoms with Gasteiger partial charge in [0.1, 0.15) is 18.3 Å². The van der Waals surface area contributed by atoms with Crippen molar-refractivity contribution in [3.05, 3.63) is 70.3 Å². The van der Waals surface area contributed by atoms with Crippen LogP contribution in [-0.4, -0.2) is 49.0 Å². The van der Waals surface area contributed by atoms with Crippen LogP contribution in [0.3, 0.4) is 0 Å². The Hall–Kier alpha value is -2.26. The number of hydrogen-bond donors (Lipinski definition) is 0. The first-order valence-electron chi connectivity index (χ1n) is 10.7. The lowest BCUT2D eigenvalue weighted by Crippen LogP contribution is -2.50. The minimum atomic E-state index is -0.553. The third kappa shape index (κ3) is 7.13. The Morgan fingerprint density at radius 2 is 1.84 bits per heavy atom. The number of carbonyl (C=O) groups excluding carboxylic acids is 1. The van der Waals surface area contributed by atoms with Crippen LogP contribution in [0.2, 0.25) is 0 Å². The highest BCUT2D eigenvalue weighted by molar-refractivity contribution is 14.1. The maximum Gasteiger partial charge on any atom is 0.410 e. The van der Waals surface area contributed by atoms with E-state index in [2.05, 4.69) is 22.6 Å². The molecule has 32 heavy (non-hydrogen) atoms. The molecule has 1 saturated heterocycles. The van der Waals surface area contributed by atoms with Gasteiger partial charge in [-0.25, -0.2) is 4.79 Å². The van der Waals surface area contributed by atoms with Gasteiger partial charge in [-0.05, 0) is 48.6 Å². The average molecular weight is 551 g/mol. The molecule has 2 aromatic carbocycles. The van der Waals surface area contributed by atoms with Crippen molar-refractivity contribution >= 4 is 28.7 Å². The Labute approximate surface area is 203 Å². The Balaban J connectivity index is 1.82. The van der Waals surface area contributed by atoms with Crippen LogP contribution in [0.1, 0.15) is 32.4 Å². The molecule has 0 aromatic heterocycles. The number of rotatable bonds is 7. The number of halogens is 1. The van der Waals surface area contributed by atoms with E-state index >= 15 is 0 Å². The van der Waals surface area contributed by atoms with Gasteiger partial charge >= 0.3 is 6.09 Å². The molecule has 0 saturated carbocycles. The number of morpholine rings is 1. The van der Waals surface area contributed by atoms with Gasteiger partial charge in [0.25, 0.3) is 0 Å². The maximum absolute atomic E-state index is 12.7. The number of amides is 1. The molecule has 0 spiro atoms. The lowest BCUT2D eigenvalue weighted by molar-refractivity contribution is -0.0840. The fourth-order valence-corrected chi connectivity index (χ4v) is 3.54. The summed E-state index contributed by atoms with van der Waals surface area (Å²) in [6.07, 6.45) is 0.800. The summed E-state index contributed by atoms with van der Waals surface area (Å²) >= 11 is 2.16. The van der Waals surface area contributed by atoms with Crippen molar-refractivity contribution in [2.24, 2.45) is 0 Å². The monoisotopic (exact) mass is 551 g/mol. The predicted molar refractivity (Wildman–Crippen MR) is 132 cm³/mol. The topological polar surface area (TPSA) is 57.2 Å². The van der Waals surface area contributed by atoms with E-state index in [0.29, 0.717) is 37.8 Å². The van der Waals surface area contributed by atoms with Gasteiger partial charge in [0.2, 0.25) is 0 Å². The smallest absolute Gasteiger partial charge is 0.410 e. The number of benzene rings is 2. The molecule has 2 aromatic rings. The van der Waals surface area contributed by atoms with Crippen molar-refractivity contribution in [3.63, 3.8) is 0 Å². The zero-order chi connectivity index (χ0) is 23.0. The van der Waals surface area contributed by atoms with E-state index in [1.54, 1.807) is 4.90 Å². The van der Waals surface area contributed by atoms with Gasteiger partial charge in [-0.15, -0.1) is 0 Å². The normalized spacial score (nSPS) is 17.8. The minimum absolute atomic E-state index is 0.341. The van der Waals surface area contributed by atoms with Crippen LogP contribution in [0.5, 0.6) is 11.5 Å². The van der Waals surface area contributed by atoms with Crippen molar-refractivity contribution in [1.82, 2.24) is 4.90 Å². The van der Waals surface area contributed by atoms with Gasteiger partial charge in [0, 0.05) is 6.54 Å². The third-order valence-corrected chi connectivity index (χ3v) is 5.25. The Morgan fingerprint density at radius 3 is 2.53 bits per heavy atom. The van der Waals surface area contributed by atoms with Gasteiger partial charge in [-0.1, -0.05) is 65.1 Å². The number of para-hydroxylation sites is 2. The molecule has 1 fully saturated rings. The van der Waals surface area contributed by atoms with Crippen LogP contribution in [0.25, 0.3) is 0 Å². The van der Waals surface area contributed by atoms with E-state index in [0.717, 1.165) is 5.56 Å². The molecule has 172 valence electrons. The zero-order valence-electron chi connectivity index (χ0n) is 18.7. The SMILES string of the molecule is CC(C)(C)OC(=O)N1CCOC(C(Oc2ccccc2OC/C=C/I)c2ccccc2)C1. The molecule has 0 bridgehead atoms. The summed E-state index contributed by atoms with van der Waals surface area (Å²) in [6, 6.07) is 17.5. The highest BCUT2D eigenvalue weighted by atomic mass is 127. The van der Waals surface area contributed by atoms with E-state index in [9.17, 15) is 4.79 Å². The molecule has 2 atom stereocenters. The second-order valence-electron chi connectivity index (χ2n) is 8.40. The molecule has 0 N–H and O–H groups in total. The first-order chi connectivity index (χ1) is 15.4. The molecular weight excluding hydrogens is 521 g/mol. The molecule has 2 unspecified atom stereocenters. The molecule has 1 amide bonds. The molecule has 1 heterocycles. The fourth-order valence-electron chi connectivity index (χ4n) is 3.33. The molecular formula is C25H30INO5. The number of hydrogen-bond acceptors (Lipinski definition) is 5. The Morgan fingerprint density at radius 1 is 1.16 bits per heavy atom. The number of nitrogens with zero attached hydrogens (tertiary/aromatic N) is 1. The second kappa shape index (κ2) is 11.6. The van der Waals surface area contributed by atoms with Crippen LogP contribution in [-0.2, 0) is 9.47 Å². The Bertz CT molecular complexity index is 897. The van der Waals surface area contributed by atoms with Gasteiger partial charge in [0.05, 0.1) is 13.2 Å². The largest absolute Gasteiger partial charge is 0.486 e. The summed E-state index contributed by atoms with van der Waals surface area (Å²) in [5.74, 6) is 1.28.